The summed E-state index contributed by atoms with van der Waals surface area (Å²) in [6, 6.07) is 12.7. The minimum Gasteiger partial charge on any atom is -0.454 e. The van der Waals surface area contributed by atoms with Gasteiger partial charge in [-0.2, -0.15) is 0 Å². The van der Waals surface area contributed by atoms with Crippen LogP contribution in [-0.2, 0) is 16.9 Å². The van der Waals surface area contributed by atoms with Gasteiger partial charge in [0.05, 0.1) is 6.54 Å². The topological polar surface area (TPSA) is 67.9 Å². The summed E-state index contributed by atoms with van der Waals surface area (Å²) in [5.74, 6) is 0.941. The fourth-order valence-corrected chi connectivity index (χ4v) is 3.24. The van der Waals surface area contributed by atoms with Crippen molar-refractivity contribution in [3.8, 4) is 11.5 Å². The molecule has 0 aromatic heterocycles. The Labute approximate surface area is 145 Å². The van der Waals surface area contributed by atoms with E-state index in [1.165, 1.54) is 4.90 Å². The number of rotatable bonds is 3. The van der Waals surface area contributed by atoms with Crippen molar-refractivity contribution in [2.24, 2.45) is 0 Å². The van der Waals surface area contributed by atoms with Crippen molar-refractivity contribution in [2.45, 2.75) is 25.9 Å². The molecule has 6 heteroatoms. The number of ether oxygens (including phenoxy) is 2. The molecular formula is C19H18N2O4. The highest BCUT2D eigenvalue weighted by atomic mass is 16.7. The number of carbonyl (C=O) groups excluding carboxylic acids is 2. The van der Waals surface area contributed by atoms with Crippen LogP contribution >= 0.6 is 0 Å². The zero-order valence-corrected chi connectivity index (χ0v) is 14.0. The second-order valence-corrected chi connectivity index (χ2v) is 6.50. The third-order valence-corrected chi connectivity index (χ3v) is 4.65. The quantitative estimate of drug-likeness (QED) is 0.874. The molecule has 0 aliphatic carbocycles. The average Bonchev–Trinajstić information content (AvgIpc) is 3.13. The van der Waals surface area contributed by atoms with Gasteiger partial charge < -0.3 is 14.8 Å². The van der Waals surface area contributed by atoms with Crippen LogP contribution in [0.2, 0.25) is 0 Å². The number of aryl methyl sites for hydroxylation is 1. The highest BCUT2D eigenvalue weighted by Crippen LogP contribution is 2.38. The van der Waals surface area contributed by atoms with Crippen molar-refractivity contribution in [1.82, 2.24) is 10.2 Å². The highest BCUT2D eigenvalue weighted by molar-refractivity contribution is 6.07. The van der Waals surface area contributed by atoms with Crippen LogP contribution in [0, 0.1) is 6.92 Å². The second kappa shape index (κ2) is 5.51. The molecule has 2 aliphatic heterocycles. The molecular weight excluding hydrogens is 320 g/mol. The van der Waals surface area contributed by atoms with Gasteiger partial charge in [0.25, 0.3) is 5.91 Å². The number of urea groups is 1. The zero-order valence-electron chi connectivity index (χ0n) is 14.0. The molecule has 25 heavy (non-hydrogen) atoms. The Kier molecular flexibility index (Phi) is 3.42. The van der Waals surface area contributed by atoms with Gasteiger partial charge in [0.1, 0.15) is 5.54 Å². The van der Waals surface area contributed by atoms with Crippen LogP contribution < -0.4 is 14.8 Å². The van der Waals surface area contributed by atoms with Gasteiger partial charge in [-0.1, -0.05) is 35.9 Å². The summed E-state index contributed by atoms with van der Waals surface area (Å²) >= 11 is 0. The maximum atomic E-state index is 13.0. The summed E-state index contributed by atoms with van der Waals surface area (Å²) in [6.45, 7) is 4.09. The molecule has 2 aromatic rings. The molecule has 1 atom stereocenters. The molecule has 0 bridgehead atoms. The first-order chi connectivity index (χ1) is 12.0. The van der Waals surface area contributed by atoms with E-state index in [0.717, 1.165) is 11.1 Å². The lowest BCUT2D eigenvalue weighted by Crippen LogP contribution is -2.40. The molecule has 1 N–H and O–H groups in total. The molecule has 0 radical (unpaired) electrons. The van der Waals surface area contributed by atoms with Crippen molar-refractivity contribution >= 4 is 11.9 Å². The predicted molar refractivity (Wildman–Crippen MR) is 90.2 cm³/mol. The number of benzene rings is 2. The molecule has 2 aromatic carbocycles. The number of nitrogens with zero attached hydrogens (tertiary/aromatic N) is 1. The Morgan fingerprint density at radius 3 is 2.72 bits per heavy atom. The van der Waals surface area contributed by atoms with E-state index in [1.807, 2.05) is 31.2 Å². The van der Waals surface area contributed by atoms with Crippen LogP contribution in [-0.4, -0.2) is 23.6 Å². The number of fused-ring (bicyclic) bond motifs is 1. The first kappa shape index (κ1) is 15.5. The van der Waals surface area contributed by atoms with Gasteiger partial charge in [-0.05, 0) is 37.1 Å². The van der Waals surface area contributed by atoms with E-state index in [2.05, 4.69) is 5.32 Å². The maximum absolute atomic E-state index is 13.0. The lowest BCUT2D eigenvalue weighted by Gasteiger charge is -2.22. The molecule has 3 amide bonds. The van der Waals surface area contributed by atoms with Crippen molar-refractivity contribution < 1.29 is 19.1 Å². The average molecular weight is 338 g/mol. The fraction of sp³-hybridized carbons (Fsp3) is 0.263. The molecule has 6 nitrogen and oxygen atoms in total. The van der Waals surface area contributed by atoms with E-state index in [1.54, 1.807) is 25.1 Å². The van der Waals surface area contributed by atoms with Gasteiger partial charge in [0.15, 0.2) is 11.5 Å². The van der Waals surface area contributed by atoms with Crippen LogP contribution in [0.3, 0.4) is 0 Å². The van der Waals surface area contributed by atoms with Crippen molar-refractivity contribution in [3.63, 3.8) is 0 Å². The predicted octanol–water partition coefficient (Wildman–Crippen LogP) is 2.69. The summed E-state index contributed by atoms with van der Waals surface area (Å²) in [6.07, 6.45) is 0. The molecule has 4 rings (SSSR count). The summed E-state index contributed by atoms with van der Waals surface area (Å²) < 4.78 is 10.7. The summed E-state index contributed by atoms with van der Waals surface area (Å²) in [5.41, 5.74) is 1.55. The third-order valence-electron chi connectivity index (χ3n) is 4.65. The first-order valence-corrected chi connectivity index (χ1v) is 8.07. The van der Waals surface area contributed by atoms with Crippen molar-refractivity contribution in [3.05, 3.63) is 59.2 Å². The SMILES string of the molecule is Cc1cccc(CN2C(=O)N[C@@](C)(c3ccc4c(c3)OCO4)C2=O)c1. The van der Waals surface area contributed by atoms with Crippen LogP contribution in [0.1, 0.15) is 23.6 Å². The lowest BCUT2D eigenvalue weighted by molar-refractivity contribution is -0.131. The Balaban J connectivity index is 1.63. The smallest absolute Gasteiger partial charge is 0.325 e. The number of hydrogen-bond donors (Lipinski definition) is 1. The number of carbonyl (C=O) groups is 2. The van der Waals surface area contributed by atoms with Gasteiger partial charge in [-0.3, -0.25) is 9.69 Å². The molecule has 1 saturated heterocycles. The van der Waals surface area contributed by atoms with E-state index >= 15 is 0 Å². The normalized spacial score (nSPS) is 21.6. The van der Waals surface area contributed by atoms with Crippen LogP contribution in [0.4, 0.5) is 4.79 Å². The minimum atomic E-state index is -1.12. The summed E-state index contributed by atoms with van der Waals surface area (Å²) in [7, 11) is 0. The molecule has 0 unspecified atom stereocenters. The summed E-state index contributed by atoms with van der Waals surface area (Å²) in [4.78, 5) is 26.7. The maximum Gasteiger partial charge on any atom is 0.325 e. The standard InChI is InChI=1S/C19H18N2O4/c1-12-4-3-5-13(8-12)10-21-17(22)19(2,20-18(21)23)14-6-7-15-16(9-14)25-11-24-15/h3-9H,10-11H2,1-2H3,(H,20,23)/t19-/m0/s1. The third kappa shape index (κ3) is 2.50. The molecule has 0 spiro atoms. The number of nitrogens with one attached hydrogen (secondary N) is 1. The number of amides is 3. The van der Waals surface area contributed by atoms with E-state index in [0.29, 0.717) is 17.1 Å². The summed E-state index contributed by atoms with van der Waals surface area (Å²) in [5, 5.41) is 2.81. The molecule has 2 aliphatic rings. The first-order valence-electron chi connectivity index (χ1n) is 8.07. The van der Waals surface area contributed by atoms with E-state index in [4.69, 9.17) is 9.47 Å². The van der Waals surface area contributed by atoms with Crippen LogP contribution in [0.25, 0.3) is 0 Å². The lowest BCUT2D eigenvalue weighted by atomic mass is 9.91. The van der Waals surface area contributed by atoms with Gasteiger partial charge in [-0.15, -0.1) is 0 Å². The van der Waals surface area contributed by atoms with Crippen LogP contribution in [0.15, 0.2) is 42.5 Å². The zero-order chi connectivity index (χ0) is 17.6. The van der Waals surface area contributed by atoms with Gasteiger partial charge in [0, 0.05) is 0 Å². The van der Waals surface area contributed by atoms with E-state index in [9.17, 15) is 9.59 Å². The molecule has 1 fully saturated rings. The van der Waals surface area contributed by atoms with Gasteiger partial charge in [0.2, 0.25) is 6.79 Å². The Hall–Kier alpha value is -3.02. The highest BCUT2D eigenvalue weighted by Gasteiger charge is 2.49. The Morgan fingerprint density at radius 1 is 1.12 bits per heavy atom. The van der Waals surface area contributed by atoms with Gasteiger partial charge >= 0.3 is 6.03 Å². The fourth-order valence-electron chi connectivity index (χ4n) is 3.24. The second-order valence-electron chi connectivity index (χ2n) is 6.50. The minimum absolute atomic E-state index is 0.162. The number of hydrogen-bond acceptors (Lipinski definition) is 4. The molecule has 0 saturated carbocycles. The largest absolute Gasteiger partial charge is 0.454 e. The van der Waals surface area contributed by atoms with E-state index < -0.39 is 11.6 Å². The molecule has 2 heterocycles. The number of imide groups is 1. The van der Waals surface area contributed by atoms with Crippen molar-refractivity contribution in [1.29, 1.82) is 0 Å². The van der Waals surface area contributed by atoms with Crippen LogP contribution in [0.5, 0.6) is 11.5 Å². The van der Waals surface area contributed by atoms with Gasteiger partial charge in [-0.25, -0.2) is 4.79 Å². The Morgan fingerprint density at radius 2 is 1.92 bits per heavy atom. The van der Waals surface area contributed by atoms with Crippen molar-refractivity contribution in [2.75, 3.05) is 6.79 Å². The molecule has 128 valence electrons. The Bertz CT molecular complexity index is 879. The monoisotopic (exact) mass is 338 g/mol. The van der Waals surface area contributed by atoms with E-state index in [-0.39, 0.29) is 19.2 Å².